The van der Waals surface area contributed by atoms with Crippen LogP contribution in [0.2, 0.25) is 0 Å². The predicted octanol–water partition coefficient (Wildman–Crippen LogP) is 3.98. The first kappa shape index (κ1) is 14.7. The molecule has 0 N–H and O–H groups in total. The van der Waals surface area contributed by atoms with Crippen LogP contribution in [0.1, 0.15) is 66.2 Å². The van der Waals surface area contributed by atoms with Gasteiger partial charge in [0.05, 0.1) is 0 Å². The molecule has 0 aliphatic heterocycles. The van der Waals surface area contributed by atoms with Crippen LogP contribution in [0.5, 0.6) is 0 Å². The molecule has 1 rings (SSSR count). The molecule has 1 unspecified atom stereocenters. The number of ketones is 1. The quantitative estimate of drug-likeness (QED) is 0.726. The van der Waals surface area contributed by atoms with E-state index in [1.165, 1.54) is 0 Å². The third-order valence-corrected chi connectivity index (χ3v) is 4.54. The summed E-state index contributed by atoms with van der Waals surface area (Å²) in [6.07, 6.45) is 5.71. The maximum Gasteiger partial charge on any atom is 0.164 e. The van der Waals surface area contributed by atoms with Gasteiger partial charge in [-0.2, -0.15) is 0 Å². The molecule has 2 nitrogen and oxygen atoms in total. The fourth-order valence-electron chi connectivity index (χ4n) is 2.57. The monoisotopic (exact) mass is 240 g/mol. The molecule has 0 bridgehead atoms. The number of ether oxygens (including phenoxy) is 1. The average molecular weight is 240 g/mol. The largest absolute Gasteiger partial charge is 0.370 e. The van der Waals surface area contributed by atoms with Crippen molar-refractivity contribution in [1.82, 2.24) is 0 Å². The van der Waals surface area contributed by atoms with E-state index in [4.69, 9.17) is 4.74 Å². The predicted molar refractivity (Wildman–Crippen MR) is 71.1 cm³/mol. The van der Waals surface area contributed by atoms with Gasteiger partial charge < -0.3 is 4.74 Å². The third-order valence-electron chi connectivity index (χ3n) is 4.54. The first-order valence-corrected chi connectivity index (χ1v) is 6.94. The average Bonchev–Trinajstić information content (AvgIpc) is 2.29. The Bertz CT molecular complexity index is 258. The summed E-state index contributed by atoms with van der Waals surface area (Å²) >= 11 is 0. The smallest absolute Gasteiger partial charge is 0.164 e. The van der Waals surface area contributed by atoms with E-state index in [-0.39, 0.29) is 0 Å². The van der Waals surface area contributed by atoms with Crippen molar-refractivity contribution in [3.05, 3.63) is 0 Å². The van der Waals surface area contributed by atoms with E-state index in [1.807, 2.05) is 0 Å². The Balaban J connectivity index is 2.67. The van der Waals surface area contributed by atoms with Gasteiger partial charge in [0, 0.05) is 13.5 Å². The standard InChI is InChI=1S/C15H28O2/c1-6-12(2)11-13(16)15(17-5)9-7-14(3,4)8-10-15/h12H,6-11H2,1-5H3. The summed E-state index contributed by atoms with van der Waals surface area (Å²) in [5.74, 6) is 0.800. The fourth-order valence-corrected chi connectivity index (χ4v) is 2.57. The van der Waals surface area contributed by atoms with E-state index in [1.54, 1.807) is 7.11 Å². The highest BCUT2D eigenvalue weighted by atomic mass is 16.5. The maximum atomic E-state index is 12.4. The summed E-state index contributed by atoms with van der Waals surface area (Å²) in [5.41, 5.74) is -0.0996. The maximum absolute atomic E-state index is 12.4. The number of hydrogen-bond acceptors (Lipinski definition) is 2. The van der Waals surface area contributed by atoms with Gasteiger partial charge >= 0.3 is 0 Å². The molecule has 0 saturated heterocycles. The van der Waals surface area contributed by atoms with Gasteiger partial charge in [-0.3, -0.25) is 4.79 Å². The Morgan fingerprint density at radius 3 is 2.18 bits per heavy atom. The molecule has 17 heavy (non-hydrogen) atoms. The van der Waals surface area contributed by atoms with Crippen molar-refractivity contribution < 1.29 is 9.53 Å². The van der Waals surface area contributed by atoms with Gasteiger partial charge in [0.2, 0.25) is 0 Å². The topological polar surface area (TPSA) is 26.3 Å². The number of carbonyl (C=O) groups excluding carboxylic acids is 1. The minimum atomic E-state index is -0.473. The summed E-state index contributed by atoms with van der Waals surface area (Å²) in [4.78, 5) is 12.4. The number of carbonyl (C=O) groups is 1. The van der Waals surface area contributed by atoms with E-state index < -0.39 is 5.60 Å². The highest BCUT2D eigenvalue weighted by molar-refractivity contribution is 5.87. The van der Waals surface area contributed by atoms with E-state index in [0.717, 1.165) is 32.1 Å². The lowest BCUT2D eigenvalue weighted by atomic mass is 9.68. The Labute approximate surface area is 106 Å². The van der Waals surface area contributed by atoms with E-state index in [0.29, 0.717) is 23.5 Å². The summed E-state index contributed by atoms with van der Waals surface area (Å²) < 4.78 is 5.63. The molecule has 0 heterocycles. The Kier molecular flexibility index (Phi) is 4.77. The molecule has 1 aliphatic rings. The van der Waals surface area contributed by atoms with Crippen molar-refractivity contribution in [3.8, 4) is 0 Å². The molecule has 0 spiro atoms. The minimum Gasteiger partial charge on any atom is -0.370 e. The van der Waals surface area contributed by atoms with Crippen molar-refractivity contribution in [2.75, 3.05) is 7.11 Å². The highest BCUT2D eigenvalue weighted by Crippen LogP contribution is 2.43. The number of rotatable bonds is 5. The minimum absolute atomic E-state index is 0.324. The molecule has 0 radical (unpaired) electrons. The first-order valence-electron chi connectivity index (χ1n) is 6.94. The van der Waals surface area contributed by atoms with Gasteiger partial charge in [-0.25, -0.2) is 0 Å². The van der Waals surface area contributed by atoms with Gasteiger partial charge in [0.15, 0.2) is 5.78 Å². The lowest BCUT2D eigenvalue weighted by Gasteiger charge is -2.42. The molecule has 0 aromatic rings. The van der Waals surface area contributed by atoms with E-state index in [2.05, 4.69) is 27.7 Å². The van der Waals surface area contributed by atoms with Gasteiger partial charge in [0.25, 0.3) is 0 Å². The van der Waals surface area contributed by atoms with E-state index in [9.17, 15) is 4.79 Å². The van der Waals surface area contributed by atoms with Crippen LogP contribution in [-0.2, 0) is 9.53 Å². The summed E-state index contributed by atoms with van der Waals surface area (Å²) in [7, 11) is 1.70. The van der Waals surface area contributed by atoms with Crippen molar-refractivity contribution >= 4 is 5.78 Å². The van der Waals surface area contributed by atoms with Crippen molar-refractivity contribution in [3.63, 3.8) is 0 Å². The Morgan fingerprint density at radius 2 is 1.76 bits per heavy atom. The van der Waals surface area contributed by atoms with Crippen LogP contribution in [-0.4, -0.2) is 18.5 Å². The van der Waals surface area contributed by atoms with Crippen LogP contribution in [0.3, 0.4) is 0 Å². The molecule has 1 atom stereocenters. The normalized spacial score (nSPS) is 24.3. The molecule has 0 aromatic carbocycles. The molecule has 0 amide bonds. The molecule has 0 aromatic heterocycles. The molecular formula is C15H28O2. The Hall–Kier alpha value is -0.370. The van der Waals surface area contributed by atoms with Gasteiger partial charge in [-0.05, 0) is 37.0 Å². The summed E-state index contributed by atoms with van der Waals surface area (Å²) in [6.45, 7) is 8.85. The lowest BCUT2D eigenvalue weighted by Crippen LogP contribution is -2.46. The van der Waals surface area contributed by atoms with Crippen molar-refractivity contribution in [1.29, 1.82) is 0 Å². The van der Waals surface area contributed by atoms with Gasteiger partial charge in [0.1, 0.15) is 5.60 Å². The Morgan fingerprint density at radius 1 is 1.24 bits per heavy atom. The highest BCUT2D eigenvalue weighted by Gasteiger charge is 2.43. The van der Waals surface area contributed by atoms with Crippen LogP contribution in [0.15, 0.2) is 0 Å². The molecule has 1 fully saturated rings. The molecule has 1 aliphatic carbocycles. The fraction of sp³-hybridized carbons (Fsp3) is 0.933. The van der Waals surface area contributed by atoms with Gasteiger partial charge in [-0.1, -0.05) is 34.1 Å². The molecule has 2 heteroatoms. The van der Waals surface area contributed by atoms with Crippen LogP contribution in [0, 0.1) is 11.3 Å². The molecule has 100 valence electrons. The SMILES string of the molecule is CCC(C)CC(=O)C1(OC)CCC(C)(C)CC1. The van der Waals surface area contributed by atoms with Crippen LogP contribution in [0.25, 0.3) is 0 Å². The van der Waals surface area contributed by atoms with Gasteiger partial charge in [-0.15, -0.1) is 0 Å². The second-order valence-corrected chi connectivity index (χ2v) is 6.50. The van der Waals surface area contributed by atoms with Crippen LogP contribution in [0.4, 0.5) is 0 Å². The number of methoxy groups -OCH3 is 1. The van der Waals surface area contributed by atoms with Crippen molar-refractivity contribution in [2.45, 2.75) is 71.8 Å². The lowest BCUT2D eigenvalue weighted by molar-refractivity contribution is -0.148. The van der Waals surface area contributed by atoms with Crippen LogP contribution >= 0.6 is 0 Å². The summed E-state index contributed by atoms with van der Waals surface area (Å²) in [5, 5.41) is 0. The molecule has 1 saturated carbocycles. The van der Waals surface area contributed by atoms with Crippen LogP contribution < -0.4 is 0 Å². The zero-order valence-corrected chi connectivity index (χ0v) is 12.1. The number of Topliss-reactive ketones (excluding diaryl/α,β-unsaturated/α-hetero) is 1. The summed E-state index contributed by atoms with van der Waals surface area (Å²) in [6, 6.07) is 0. The number of hydrogen-bond donors (Lipinski definition) is 0. The second kappa shape index (κ2) is 5.51. The first-order chi connectivity index (χ1) is 7.85. The third kappa shape index (κ3) is 3.54. The second-order valence-electron chi connectivity index (χ2n) is 6.50. The molecular weight excluding hydrogens is 212 g/mol. The zero-order chi connectivity index (χ0) is 13.1. The van der Waals surface area contributed by atoms with E-state index >= 15 is 0 Å². The van der Waals surface area contributed by atoms with Crippen molar-refractivity contribution in [2.24, 2.45) is 11.3 Å². The zero-order valence-electron chi connectivity index (χ0n) is 12.1.